The van der Waals surface area contributed by atoms with Crippen LogP contribution in [-0.4, -0.2) is 45.3 Å². The van der Waals surface area contributed by atoms with E-state index >= 15 is 0 Å². The maximum absolute atomic E-state index is 12.7. The first kappa shape index (κ1) is 16.4. The lowest BCUT2D eigenvalue weighted by Gasteiger charge is -2.32. The predicted octanol–water partition coefficient (Wildman–Crippen LogP) is 1.16. The normalized spacial score (nSPS) is 18.0. The molecule has 1 amide bonds. The molecule has 24 heavy (non-hydrogen) atoms. The number of ether oxygens (including phenoxy) is 1. The van der Waals surface area contributed by atoms with Crippen molar-refractivity contribution in [1.82, 2.24) is 19.7 Å². The molecule has 0 aromatic carbocycles. The summed E-state index contributed by atoms with van der Waals surface area (Å²) in [6, 6.07) is 5.47. The second-order valence-corrected chi connectivity index (χ2v) is 6.14. The summed E-state index contributed by atoms with van der Waals surface area (Å²) in [5, 5.41) is 4.38. The summed E-state index contributed by atoms with van der Waals surface area (Å²) in [6.07, 6.45) is 0.130. The van der Waals surface area contributed by atoms with Crippen molar-refractivity contribution < 1.29 is 9.53 Å². The van der Waals surface area contributed by atoms with Crippen LogP contribution in [0.1, 0.15) is 28.7 Å². The second kappa shape index (κ2) is 6.60. The summed E-state index contributed by atoms with van der Waals surface area (Å²) in [5.74, 6) is 0.549. The van der Waals surface area contributed by atoms with Crippen LogP contribution < -0.4 is 5.73 Å². The molecule has 2 N–H and O–H groups in total. The minimum absolute atomic E-state index is 0.0893. The number of rotatable bonds is 3. The zero-order valence-corrected chi connectivity index (χ0v) is 14.3. The molecular formula is C17H23N5O2. The molecule has 3 rings (SSSR count). The smallest absolute Gasteiger partial charge is 0.227 e. The molecule has 2 aromatic rings. The first-order chi connectivity index (χ1) is 11.5. The molecule has 1 saturated heterocycles. The van der Waals surface area contributed by atoms with Gasteiger partial charge in [0.05, 0.1) is 31.0 Å². The summed E-state index contributed by atoms with van der Waals surface area (Å²) in [6.45, 7) is 5.51. The molecule has 0 aliphatic carbocycles. The summed E-state index contributed by atoms with van der Waals surface area (Å²) >= 11 is 0. The zero-order valence-electron chi connectivity index (χ0n) is 14.3. The summed E-state index contributed by atoms with van der Waals surface area (Å²) < 4.78 is 7.59. The van der Waals surface area contributed by atoms with Gasteiger partial charge in [-0.2, -0.15) is 5.10 Å². The van der Waals surface area contributed by atoms with Crippen molar-refractivity contribution in [2.75, 3.05) is 25.4 Å². The van der Waals surface area contributed by atoms with Gasteiger partial charge in [0, 0.05) is 24.8 Å². The standard InChI is InChI=1S/C17H23N5O2/c1-11-13(12(2)21(3)20-11)9-17(23)22-7-8-24-15(10-22)14-5-4-6-16(18)19-14/h4-6,15H,7-10H2,1-3H3,(H2,18,19)/t15-/m1/s1. The fourth-order valence-electron chi connectivity index (χ4n) is 3.04. The highest BCUT2D eigenvalue weighted by Gasteiger charge is 2.27. The van der Waals surface area contributed by atoms with E-state index in [4.69, 9.17) is 10.5 Å². The molecule has 128 valence electrons. The lowest BCUT2D eigenvalue weighted by Crippen LogP contribution is -2.43. The van der Waals surface area contributed by atoms with Gasteiger partial charge in [0.15, 0.2) is 0 Å². The Hall–Kier alpha value is -2.41. The van der Waals surface area contributed by atoms with Crippen molar-refractivity contribution in [2.45, 2.75) is 26.4 Å². The SMILES string of the molecule is Cc1nn(C)c(C)c1CC(=O)N1CCO[C@@H](c2cccc(N)n2)C1. The Morgan fingerprint density at radius 1 is 1.42 bits per heavy atom. The number of nitrogens with two attached hydrogens (primary N) is 1. The number of aromatic nitrogens is 3. The van der Waals surface area contributed by atoms with Gasteiger partial charge in [0.25, 0.3) is 0 Å². The van der Waals surface area contributed by atoms with Gasteiger partial charge in [-0.25, -0.2) is 4.98 Å². The molecule has 0 bridgehead atoms. The topological polar surface area (TPSA) is 86.3 Å². The summed E-state index contributed by atoms with van der Waals surface area (Å²) in [4.78, 5) is 18.9. The molecule has 3 heterocycles. The predicted molar refractivity (Wildman–Crippen MR) is 90.3 cm³/mol. The van der Waals surface area contributed by atoms with Crippen LogP contribution in [0.25, 0.3) is 0 Å². The molecule has 0 radical (unpaired) electrons. The quantitative estimate of drug-likeness (QED) is 0.913. The van der Waals surface area contributed by atoms with Crippen LogP contribution in [0.2, 0.25) is 0 Å². The average molecular weight is 329 g/mol. The van der Waals surface area contributed by atoms with Gasteiger partial charge in [0.1, 0.15) is 11.9 Å². The van der Waals surface area contributed by atoms with E-state index < -0.39 is 0 Å². The third kappa shape index (κ3) is 3.26. The minimum atomic E-state index is -0.234. The molecule has 0 unspecified atom stereocenters. The van der Waals surface area contributed by atoms with Crippen LogP contribution in [0.3, 0.4) is 0 Å². The number of morpholine rings is 1. The van der Waals surface area contributed by atoms with Crippen molar-refractivity contribution in [2.24, 2.45) is 7.05 Å². The van der Waals surface area contributed by atoms with Gasteiger partial charge in [-0.3, -0.25) is 9.48 Å². The van der Waals surface area contributed by atoms with E-state index in [-0.39, 0.29) is 12.0 Å². The molecule has 7 nitrogen and oxygen atoms in total. The van der Waals surface area contributed by atoms with Gasteiger partial charge in [-0.1, -0.05) is 6.07 Å². The highest BCUT2D eigenvalue weighted by atomic mass is 16.5. The van der Waals surface area contributed by atoms with Crippen molar-refractivity contribution in [1.29, 1.82) is 0 Å². The number of amides is 1. The molecule has 1 atom stereocenters. The Labute approximate surface area is 141 Å². The Morgan fingerprint density at radius 2 is 2.21 bits per heavy atom. The van der Waals surface area contributed by atoms with Crippen LogP contribution in [0.5, 0.6) is 0 Å². The van der Waals surface area contributed by atoms with Crippen molar-refractivity contribution in [3.05, 3.63) is 40.8 Å². The molecule has 1 fully saturated rings. The van der Waals surface area contributed by atoms with Crippen molar-refractivity contribution >= 4 is 11.7 Å². The van der Waals surface area contributed by atoms with Crippen LogP contribution in [0.4, 0.5) is 5.82 Å². The molecule has 1 aliphatic rings. The number of hydrogen-bond acceptors (Lipinski definition) is 5. The largest absolute Gasteiger partial charge is 0.384 e. The molecule has 2 aromatic heterocycles. The monoisotopic (exact) mass is 329 g/mol. The van der Waals surface area contributed by atoms with Crippen LogP contribution in [0, 0.1) is 13.8 Å². The van der Waals surface area contributed by atoms with Gasteiger partial charge >= 0.3 is 0 Å². The Morgan fingerprint density at radius 3 is 2.88 bits per heavy atom. The number of anilines is 1. The highest BCUT2D eigenvalue weighted by molar-refractivity contribution is 5.79. The van der Waals surface area contributed by atoms with E-state index in [2.05, 4.69) is 10.1 Å². The third-order valence-electron chi connectivity index (χ3n) is 4.53. The number of carbonyl (C=O) groups is 1. The van der Waals surface area contributed by atoms with Crippen molar-refractivity contribution in [3.63, 3.8) is 0 Å². The molecule has 1 aliphatic heterocycles. The number of aryl methyl sites for hydroxylation is 2. The first-order valence-corrected chi connectivity index (χ1v) is 8.06. The number of nitrogens with zero attached hydrogens (tertiary/aromatic N) is 4. The molecule has 0 saturated carbocycles. The van der Waals surface area contributed by atoms with E-state index in [0.29, 0.717) is 31.9 Å². The highest BCUT2D eigenvalue weighted by Crippen LogP contribution is 2.22. The van der Waals surface area contributed by atoms with Crippen LogP contribution in [-0.2, 0) is 23.0 Å². The Bertz CT molecular complexity index is 755. The fraction of sp³-hybridized carbons (Fsp3) is 0.471. The van der Waals surface area contributed by atoms with E-state index in [9.17, 15) is 4.79 Å². The third-order valence-corrected chi connectivity index (χ3v) is 4.53. The maximum Gasteiger partial charge on any atom is 0.227 e. The van der Waals surface area contributed by atoms with Crippen LogP contribution in [0.15, 0.2) is 18.2 Å². The maximum atomic E-state index is 12.7. The Balaban J connectivity index is 1.71. The van der Waals surface area contributed by atoms with Crippen LogP contribution >= 0.6 is 0 Å². The molecular weight excluding hydrogens is 306 g/mol. The fourth-order valence-corrected chi connectivity index (χ4v) is 3.04. The van der Waals surface area contributed by atoms with E-state index in [0.717, 1.165) is 22.6 Å². The van der Waals surface area contributed by atoms with Gasteiger partial charge in [0.2, 0.25) is 5.91 Å². The van der Waals surface area contributed by atoms with Gasteiger partial charge < -0.3 is 15.4 Å². The first-order valence-electron chi connectivity index (χ1n) is 8.06. The van der Waals surface area contributed by atoms with E-state index in [1.807, 2.05) is 42.6 Å². The number of nitrogen functional groups attached to an aromatic ring is 1. The van der Waals surface area contributed by atoms with E-state index in [1.165, 1.54) is 0 Å². The summed E-state index contributed by atoms with van der Waals surface area (Å²) in [5.41, 5.74) is 9.45. The molecule has 0 spiro atoms. The number of carbonyl (C=O) groups excluding carboxylic acids is 1. The lowest BCUT2D eigenvalue weighted by atomic mass is 10.1. The zero-order chi connectivity index (χ0) is 17.3. The van der Waals surface area contributed by atoms with Crippen molar-refractivity contribution in [3.8, 4) is 0 Å². The minimum Gasteiger partial charge on any atom is -0.384 e. The second-order valence-electron chi connectivity index (χ2n) is 6.14. The lowest BCUT2D eigenvalue weighted by molar-refractivity contribution is -0.138. The molecule has 7 heteroatoms. The summed E-state index contributed by atoms with van der Waals surface area (Å²) in [7, 11) is 1.90. The number of pyridine rings is 1. The Kier molecular flexibility index (Phi) is 4.53. The average Bonchev–Trinajstić information content (AvgIpc) is 2.81. The van der Waals surface area contributed by atoms with Gasteiger partial charge in [-0.05, 0) is 26.0 Å². The van der Waals surface area contributed by atoms with Gasteiger partial charge in [-0.15, -0.1) is 0 Å². The number of hydrogen-bond donors (Lipinski definition) is 1. The van der Waals surface area contributed by atoms with E-state index in [1.54, 1.807) is 6.07 Å².